The maximum absolute atomic E-state index is 14.3. The van der Waals surface area contributed by atoms with Crippen LogP contribution in [0.1, 0.15) is 12.5 Å². The number of rotatable bonds is 4. The van der Waals surface area contributed by atoms with Crippen molar-refractivity contribution in [1.82, 2.24) is 14.9 Å². The molecule has 2 aromatic carbocycles. The van der Waals surface area contributed by atoms with Crippen molar-refractivity contribution in [3.63, 3.8) is 0 Å². The highest BCUT2D eigenvalue weighted by atomic mass is 35.5. The molecule has 1 amide bonds. The van der Waals surface area contributed by atoms with Crippen LogP contribution >= 0.6 is 11.6 Å². The molecule has 0 spiro atoms. The first-order valence-corrected chi connectivity index (χ1v) is 9.27. The van der Waals surface area contributed by atoms with Gasteiger partial charge in [-0.1, -0.05) is 31.2 Å². The van der Waals surface area contributed by atoms with Crippen molar-refractivity contribution in [1.29, 1.82) is 0 Å². The summed E-state index contributed by atoms with van der Waals surface area (Å²) >= 11 is 5.67. The molecule has 0 saturated carbocycles. The minimum atomic E-state index is -0.890. The number of anilines is 2. The molecular weight excluding hydrogens is 398 g/mol. The number of hydrogen-bond acceptors (Lipinski definition) is 4. The average molecular weight is 415 g/mol. The summed E-state index contributed by atoms with van der Waals surface area (Å²) in [7, 11) is 0. The second kappa shape index (κ2) is 7.08. The fourth-order valence-electron chi connectivity index (χ4n) is 3.55. The maximum Gasteiger partial charge on any atom is 0.246 e. The van der Waals surface area contributed by atoms with Crippen LogP contribution in [0.3, 0.4) is 0 Å². The molecule has 1 N–H and O–H groups in total. The molecule has 8 heteroatoms. The molecule has 1 aliphatic rings. The standard InChI is InChI=1S/C21H17ClF2N4O/c1-3-17(29)28-9-21(2,10-28)12-4-6-15-13(8-12)20(26-11-25-15)27-16-7-5-14(23)18(22)19(16)24/h3-8,11H,1,9-10H2,2H3,(H,25,26,27). The number of likely N-dealkylation sites (tertiary alicyclic amines) is 1. The van der Waals surface area contributed by atoms with E-state index < -0.39 is 16.7 Å². The number of nitrogens with one attached hydrogen (secondary N) is 1. The molecule has 3 aromatic rings. The largest absolute Gasteiger partial charge is 0.337 e. The van der Waals surface area contributed by atoms with E-state index in [0.717, 1.165) is 11.6 Å². The summed E-state index contributed by atoms with van der Waals surface area (Å²) in [6.45, 7) is 6.73. The van der Waals surface area contributed by atoms with Crippen molar-refractivity contribution in [3.05, 3.63) is 71.5 Å². The van der Waals surface area contributed by atoms with E-state index in [1.54, 1.807) is 4.90 Å². The number of amides is 1. The zero-order valence-electron chi connectivity index (χ0n) is 15.5. The van der Waals surface area contributed by atoms with Gasteiger partial charge in [0.15, 0.2) is 5.82 Å². The summed E-state index contributed by atoms with van der Waals surface area (Å²) in [6.07, 6.45) is 2.67. The fourth-order valence-corrected chi connectivity index (χ4v) is 3.71. The molecule has 148 valence electrons. The molecule has 4 rings (SSSR count). The Balaban J connectivity index is 1.70. The van der Waals surface area contributed by atoms with E-state index in [2.05, 4.69) is 28.8 Å². The van der Waals surface area contributed by atoms with Gasteiger partial charge < -0.3 is 10.2 Å². The molecule has 2 heterocycles. The number of hydrogen-bond donors (Lipinski definition) is 1. The van der Waals surface area contributed by atoms with Crippen LogP contribution in [0.25, 0.3) is 10.9 Å². The van der Waals surface area contributed by atoms with Gasteiger partial charge in [-0.2, -0.15) is 0 Å². The first-order valence-electron chi connectivity index (χ1n) is 8.89. The second-order valence-corrected chi connectivity index (χ2v) is 7.64. The molecular formula is C21H17ClF2N4O. The van der Waals surface area contributed by atoms with Crippen LogP contribution in [0.4, 0.5) is 20.3 Å². The lowest BCUT2D eigenvalue weighted by molar-refractivity contribution is -0.133. The van der Waals surface area contributed by atoms with Crippen molar-refractivity contribution in [3.8, 4) is 0 Å². The Morgan fingerprint density at radius 1 is 1.28 bits per heavy atom. The van der Waals surface area contributed by atoms with E-state index in [1.165, 1.54) is 18.5 Å². The van der Waals surface area contributed by atoms with Gasteiger partial charge in [0, 0.05) is 23.9 Å². The lowest BCUT2D eigenvalue weighted by Crippen LogP contribution is -2.59. The Morgan fingerprint density at radius 3 is 2.76 bits per heavy atom. The first-order chi connectivity index (χ1) is 13.8. The van der Waals surface area contributed by atoms with Gasteiger partial charge in [-0.25, -0.2) is 18.7 Å². The second-order valence-electron chi connectivity index (χ2n) is 7.26. The van der Waals surface area contributed by atoms with Crippen LogP contribution in [-0.2, 0) is 10.2 Å². The first kappa shape index (κ1) is 19.3. The minimum absolute atomic E-state index is 0.0133. The monoisotopic (exact) mass is 414 g/mol. The van der Waals surface area contributed by atoms with E-state index in [9.17, 15) is 13.6 Å². The molecule has 0 atom stereocenters. The number of aromatic nitrogens is 2. The van der Waals surface area contributed by atoms with Crippen molar-refractivity contribution in [2.24, 2.45) is 0 Å². The number of benzene rings is 2. The lowest BCUT2D eigenvalue weighted by atomic mass is 9.75. The minimum Gasteiger partial charge on any atom is -0.337 e. The van der Waals surface area contributed by atoms with Crippen molar-refractivity contribution in [2.75, 3.05) is 18.4 Å². The lowest BCUT2D eigenvalue weighted by Gasteiger charge is -2.48. The van der Waals surface area contributed by atoms with E-state index >= 15 is 0 Å². The van der Waals surface area contributed by atoms with E-state index in [0.29, 0.717) is 29.8 Å². The zero-order valence-corrected chi connectivity index (χ0v) is 16.3. The number of carbonyl (C=O) groups excluding carboxylic acids is 1. The van der Waals surface area contributed by atoms with Gasteiger partial charge in [0.05, 0.1) is 11.2 Å². The van der Waals surface area contributed by atoms with Crippen LogP contribution in [0, 0.1) is 11.6 Å². The third kappa shape index (κ3) is 3.31. The molecule has 1 aliphatic heterocycles. The Labute approximate surface area is 171 Å². The highest BCUT2D eigenvalue weighted by Gasteiger charge is 2.42. The van der Waals surface area contributed by atoms with Gasteiger partial charge in [0.25, 0.3) is 0 Å². The van der Waals surface area contributed by atoms with E-state index in [-0.39, 0.29) is 17.0 Å². The summed E-state index contributed by atoms with van der Waals surface area (Å²) in [5, 5.41) is 2.98. The maximum atomic E-state index is 14.3. The topological polar surface area (TPSA) is 58.1 Å². The van der Waals surface area contributed by atoms with Crippen molar-refractivity contribution in [2.45, 2.75) is 12.3 Å². The van der Waals surface area contributed by atoms with Gasteiger partial charge >= 0.3 is 0 Å². The van der Waals surface area contributed by atoms with E-state index in [4.69, 9.17) is 11.6 Å². The van der Waals surface area contributed by atoms with Gasteiger partial charge in [0.1, 0.15) is 23.0 Å². The molecule has 0 unspecified atom stereocenters. The molecule has 29 heavy (non-hydrogen) atoms. The Bertz CT molecular complexity index is 1140. The number of fused-ring (bicyclic) bond motifs is 1. The SMILES string of the molecule is C=CC(=O)N1CC(C)(c2ccc3ncnc(Nc4ccc(F)c(Cl)c4F)c3c2)C1. The number of carbonyl (C=O) groups is 1. The van der Waals surface area contributed by atoms with Crippen LogP contribution in [0.15, 0.2) is 49.3 Å². The summed E-state index contributed by atoms with van der Waals surface area (Å²) in [4.78, 5) is 22.0. The molecule has 5 nitrogen and oxygen atoms in total. The average Bonchev–Trinajstić information content (AvgIpc) is 2.71. The molecule has 1 saturated heterocycles. The Morgan fingerprint density at radius 2 is 2.03 bits per heavy atom. The molecule has 1 fully saturated rings. The summed E-state index contributed by atoms with van der Waals surface area (Å²) in [5.74, 6) is -1.45. The van der Waals surface area contributed by atoms with Gasteiger partial charge in [-0.15, -0.1) is 0 Å². The smallest absolute Gasteiger partial charge is 0.246 e. The Hall–Kier alpha value is -3.06. The third-order valence-electron chi connectivity index (χ3n) is 5.19. The molecule has 0 aliphatic carbocycles. The summed E-state index contributed by atoms with van der Waals surface area (Å²) in [6, 6.07) is 8.10. The van der Waals surface area contributed by atoms with Crippen LogP contribution in [0.5, 0.6) is 0 Å². The van der Waals surface area contributed by atoms with Crippen LogP contribution in [-0.4, -0.2) is 33.9 Å². The summed E-state index contributed by atoms with van der Waals surface area (Å²) < 4.78 is 27.7. The molecule has 0 bridgehead atoms. The number of nitrogens with zero attached hydrogens (tertiary/aromatic N) is 3. The van der Waals surface area contributed by atoms with Crippen molar-refractivity contribution >= 4 is 39.9 Å². The fraction of sp³-hybridized carbons (Fsp3) is 0.190. The van der Waals surface area contributed by atoms with Gasteiger partial charge in [-0.05, 0) is 35.9 Å². The van der Waals surface area contributed by atoms with Gasteiger partial charge in [0.2, 0.25) is 5.91 Å². The summed E-state index contributed by atoms with van der Waals surface area (Å²) in [5.41, 5.74) is 1.47. The normalized spacial score (nSPS) is 15.1. The van der Waals surface area contributed by atoms with Gasteiger partial charge in [-0.3, -0.25) is 4.79 Å². The Kier molecular flexibility index (Phi) is 4.70. The number of halogens is 3. The quantitative estimate of drug-likeness (QED) is 0.501. The highest BCUT2D eigenvalue weighted by Crippen LogP contribution is 2.37. The molecule has 1 aromatic heterocycles. The predicted octanol–water partition coefficient (Wildman–Crippen LogP) is 4.59. The van der Waals surface area contributed by atoms with Crippen molar-refractivity contribution < 1.29 is 13.6 Å². The van der Waals surface area contributed by atoms with Crippen LogP contribution in [0.2, 0.25) is 5.02 Å². The zero-order chi connectivity index (χ0) is 20.8. The molecule has 0 radical (unpaired) electrons. The van der Waals surface area contributed by atoms with Crippen LogP contribution < -0.4 is 5.32 Å². The highest BCUT2D eigenvalue weighted by molar-refractivity contribution is 6.31. The third-order valence-corrected chi connectivity index (χ3v) is 5.53. The predicted molar refractivity (Wildman–Crippen MR) is 108 cm³/mol. The van der Waals surface area contributed by atoms with E-state index in [1.807, 2.05) is 18.2 Å².